The van der Waals surface area contributed by atoms with Gasteiger partial charge in [0.15, 0.2) is 12.1 Å². The third-order valence-electron chi connectivity index (χ3n) is 21.7. The Labute approximate surface area is 777 Å². The lowest BCUT2D eigenvalue weighted by Gasteiger charge is -2.13. The number of benzene rings is 13. The van der Waals surface area contributed by atoms with Crippen LogP contribution >= 0.6 is 0 Å². The molecule has 0 fully saturated rings. The van der Waals surface area contributed by atoms with Crippen molar-refractivity contribution in [1.82, 2.24) is 13.7 Å². The van der Waals surface area contributed by atoms with Crippen LogP contribution in [0.5, 0.6) is 0 Å². The van der Waals surface area contributed by atoms with Crippen molar-refractivity contribution in [2.75, 3.05) is 13.2 Å². The summed E-state index contributed by atoms with van der Waals surface area (Å²) in [6.45, 7) is 11.0. The molecule has 0 bridgehead atoms. The van der Waals surface area contributed by atoms with Crippen molar-refractivity contribution in [3.8, 4) is 67.2 Å². The Bertz CT molecular complexity index is 7260. The van der Waals surface area contributed by atoms with E-state index in [1.165, 1.54) is 85.8 Å². The van der Waals surface area contributed by atoms with Crippen LogP contribution in [0.15, 0.2) is 393 Å². The first-order chi connectivity index (χ1) is 64.5. The van der Waals surface area contributed by atoms with Gasteiger partial charge in [-0.25, -0.2) is 42.8 Å². The second-order valence-corrected chi connectivity index (χ2v) is 36.4. The third kappa shape index (κ3) is 24.1. The normalized spacial score (nSPS) is 11.1. The number of nitrogens with zero attached hydrogens (tertiary/aromatic N) is 3. The average Bonchev–Trinajstić information content (AvgIpc) is 1.58. The number of ether oxygens (including phenoxy) is 2. The van der Waals surface area contributed by atoms with Crippen molar-refractivity contribution >= 4 is 65.6 Å². The van der Waals surface area contributed by atoms with Crippen LogP contribution in [0.4, 0.5) is 17.6 Å². The summed E-state index contributed by atoms with van der Waals surface area (Å²) in [5, 5.41) is 9.78. The molecular formula is C110H95F4N3O14S3. The predicted octanol–water partition coefficient (Wildman–Crippen LogP) is 23.6. The van der Waals surface area contributed by atoms with E-state index >= 15 is 0 Å². The highest BCUT2D eigenvalue weighted by atomic mass is 32.2. The van der Waals surface area contributed by atoms with Gasteiger partial charge in [0.05, 0.1) is 59.7 Å². The van der Waals surface area contributed by atoms with Crippen LogP contribution in [0, 0.1) is 44.0 Å². The van der Waals surface area contributed by atoms with Crippen LogP contribution < -0.4 is 0 Å². The number of esters is 2. The van der Waals surface area contributed by atoms with Gasteiger partial charge >= 0.3 is 17.9 Å². The molecule has 0 saturated carbocycles. The average molecular weight is 1860 g/mol. The predicted molar refractivity (Wildman–Crippen MR) is 513 cm³/mol. The molecule has 0 saturated heterocycles. The first-order valence-corrected chi connectivity index (χ1v) is 47.1. The number of carboxylic acid groups (broad SMARTS) is 1. The second-order valence-electron chi connectivity index (χ2n) is 30.7. The number of carboxylic acids is 1. The van der Waals surface area contributed by atoms with E-state index in [0.29, 0.717) is 57.7 Å². The highest BCUT2D eigenvalue weighted by molar-refractivity contribution is 7.92. The van der Waals surface area contributed by atoms with Crippen molar-refractivity contribution in [2.45, 2.75) is 103 Å². The summed E-state index contributed by atoms with van der Waals surface area (Å²) >= 11 is 0. The first kappa shape index (κ1) is 97.8. The molecule has 0 atom stereocenters. The highest BCUT2D eigenvalue weighted by Crippen LogP contribution is 2.45. The zero-order valence-electron chi connectivity index (χ0n) is 74.1. The fourth-order valence-corrected chi connectivity index (χ4v) is 20.1. The molecule has 3 heterocycles. The number of rotatable bonds is 27. The maximum absolute atomic E-state index is 14.6. The molecular weight excluding hydrogens is 1760 g/mol. The number of aryl methyl sites for hydroxylation is 1. The Morgan fingerprint density at radius 1 is 0.358 bits per heavy atom. The topological polar surface area (TPSA) is 241 Å². The molecule has 16 aromatic rings. The molecule has 13 aromatic carbocycles. The first-order valence-electron chi connectivity index (χ1n) is 42.7. The van der Waals surface area contributed by atoms with Crippen LogP contribution in [-0.4, -0.2) is 87.3 Å². The Balaban J connectivity index is 0.000000160. The van der Waals surface area contributed by atoms with E-state index in [0.717, 1.165) is 67.3 Å². The van der Waals surface area contributed by atoms with Crippen molar-refractivity contribution in [2.24, 2.45) is 0 Å². The Morgan fingerprint density at radius 3 is 1.07 bits per heavy atom. The van der Waals surface area contributed by atoms with Crippen molar-refractivity contribution in [1.29, 1.82) is 0 Å². The maximum atomic E-state index is 14.6. The van der Waals surface area contributed by atoms with E-state index in [1.54, 1.807) is 194 Å². The largest absolute Gasteiger partial charge is 0.480 e. The van der Waals surface area contributed by atoms with Crippen LogP contribution in [0.3, 0.4) is 0 Å². The van der Waals surface area contributed by atoms with Crippen molar-refractivity contribution in [3.63, 3.8) is 0 Å². The maximum Gasteiger partial charge on any atom is 0.325 e. The van der Waals surface area contributed by atoms with Gasteiger partial charge in [-0.1, -0.05) is 255 Å². The molecule has 0 radical (unpaired) electrons. The molecule has 0 aliphatic carbocycles. The Morgan fingerprint density at radius 2 is 0.687 bits per heavy atom. The van der Waals surface area contributed by atoms with Crippen molar-refractivity contribution in [3.05, 3.63) is 438 Å². The quantitative estimate of drug-likeness (QED) is 0.0218. The van der Waals surface area contributed by atoms with Crippen LogP contribution in [0.1, 0.15) is 76.0 Å². The molecule has 1 N–H and O–H groups in total. The van der Waals surface area contributed by atoms with Crippen LogP contribution in [-0.2, 0) is 90.6 Å². The summed E-state index contributed by atoms with van der Waals surface area (Å²) in [4.78, 5) is 59.1. The van der Waals surface area contributed by atoms with Crippen LogP contribution in [0.2, 0.25) is 0 Å². The number of halogens is 4. The third-order valence-corrected chi connectivity index (χ3v) is 27.3. The number of aldehydes is 1. The number of allylic oxidation sites excluding steroid dienone is 1. The van der Waals surface area contributed by atoms with Gasteiger partial charge in [-0.3, -0.25) is 24.0 Å². The van der Waals surface area contributed by atoms with E-state index < -0.39 is 53.1 Å². The lowest BCUT2D eigenvalue weighted by atomic mass is 9.93. The van der Waals surface area contributed by atoms with Gasteiger partial charge in [-0.05, 0) is 218 Å². The van der Waals surface area contributed by atoms with Gasteiger partial charge in [0.25, 0.3) is 0 Å². The minimum absolute atomic E-state index is 0.0424. The standard InChI is InChI=1S/C34H30FNO4S.C32H26FNO4S.C21H20FNO2.C13H10O3S.C10H9FO/c1-3-40-32(37)23-36-24(2)30(22-26-15-10-11-20-31(26)41(38,39)29-18-8-5-9-19-29)33(27-16-12-17-28(35)21-27)34(36)25-13-6-4-7-14-25;1-22-28(20-24-13-8-9-18-29(24)39(37,38)27-16-6-3-7-17-27)31(25-14-10-15-26(33)19-25)32(34(22)21-30(35)36)23-11-4-2-5-12-23;1-3-25-20(24)14-23-15(2)12-19(17-10-7-11-18(22)13-17)21(23)16-8-5-4-6-9-16;14-10-11-6-4-5-9-13(11)17(15,16)12-7-2-1-3-8-12;1-8(12)5-6-9-3-2-4-10(11)7-9/h4-21H,3,22-23H2,1-2H3;2-19H,20-21H2,1H3,(H,35,36);4-13H,3,14H2,1-2H3;1-10H;2-7H,1H3/b;;;;6-5+. The summed E-state index contributed by atoms with van der Waals surface area (Å²) in [5.41, 5.74) is 15.1. The molecule has 0 aliphatic rings. The van der Waals surface area contributed by atoms with Gasteiger partial charge in [0.1, 0.15) is 42.9 Å². The fraction of sp³-hybridized carbons (Fsp3) is 0.118. The Hall–Kier alpha value is -15.2. The second kappa shape index (κ2) is 45.5. The summed E-state index contributed by atoms with van der Waals surface area (Å²) in [6.07, 6.45) is 4.00. The van der Waals surface area contributed by atoms with Crippen molar-refractivity contribution < 1.29 is 81.4 Å². The van der Waals surface area contributed by atoms with E-state index in [1.807, 2.05) is 145 Å². The Kier molecular flexibility index (Phi) is 33.2. The monoisotopic (exact) mass is 1850 g/mol. The molecule has 0 spiro atoms. The summed E-state index contributed by atoms with van der Waals surface area (Å²) in [5.74, 6) is -3.14. The number of hydrogen-bond donors (Lipinski definition) is 1. The van der Waals surface area contributed by atoms with E-state index in [-0.39, 0.29) is 97.4 Å². The lowest BCUT2D eigenvalue weighted by Crippen LogP contribution is -2.15. The van der Waals surface area contributed by atoms with Gasteiger partial charge in [0, 0.05) is 52.2 Å². The van der Waals surface area contributed by atoms with Gasteiger partial charge in [-0.2, -0.15) is 0 Å². The molecule has 0 amide bonds. The van der Waals surface area contributed by atoms with E-state index in [9.17, 15) is 71.9 Å². The number of sulfone groups is 3. The molecule has 3 aromatic heterocycles. The van der Waals surface area contributed by atoms with Crippen LogP contribution in [0.25, 0.3) is 73.2 Å². The molecule has 134 heavy (non-hydrogen) atoms. The number of ketones is 1. The number of aromatic nitrogens is 3. The molecule has 0 unspecified atom stereocenters. The number of carbonyl (C=O) groups is 5. The molecule has 24 heteroatoms. The van der Waals surface area contributed by atoms with Gasteiger partial charge in [-0.15, -0.1) is 0 Å². The minimum atomic E-state index is -3.82. The summed E-state index contributed by atoms with van der Waals surface area (Å²) in [7, 11) is -11.2. The van der Waals surface area contributed by atoms with E-state index in [4.69, 9.17) is 9.47 Å². The van der Waals surface area contributed by atoms with E-state index in [2.05, 4.69) is 0 Å². The molecule has 17 nitrogen and oxygen atoms in total. The number of hydrogen-bond acceptors (Lipinski definition) is 13. The van der Waals surface area contributed by atoms with Gasteiger partial charge < -0.3 is 28.3 Å². The lowest BCUT2D eigenvalue weighted by molar-refractivity contribution is -0.144. The number of aliphatic carboxylic acids is 1. The highest BCUT2D eigenvalue weighted by Gasteiger charge is 2.31. The molecule has 16 rings (SSSR count). The van der Waals surface area contributed by atoms with Gasteiger partial charge in [0.2, 0.25) is 29.5 Å². The fourth-order valence-electron chi connectivity index (χ4n) is 15.6. The number of carbonyl (C=O) groups excluding carboxylic acids is 4. The minimum Gasteiger partial charge on any atom is -0.480 e. The molecule has 680 valence electrons. The summed E-state index contributed by atoms with van der Waals surface area (Å²) < 4.78 is 151. The zero-order chi connectivity index (χ0) is 95.6. The summed E-state index contributed by atoms with van der Waals surface area (Å²) in [6, 6.07) is 100. The zero-order valence-corrected chi connectivity index (χ0v) is 76.5. The smallest absolute Gasteiger partial charge is 0.325 e. The SMILES string of the molecule is CC(=O)/C=C/c1cccc(F)c1.CCOC(=O)Cn1c(C)c(Cc2ccccc2S(=O)(=O)c2ccccc2)c(-c2cccc(F)c2)c1-c1ccccc1.CCOC(=O)Cn1c(C)cc(-c2cccc(F)c2)c1-c1ccccc1.Cc1c(Cc2ccccc2S(=O)(=O)c2ccccc2)c(-c2cccc(F)c2)c(-c2ccccc2)n1CC(=O)O.O=Cc1ccccc1S(=O)(=O)c1ccccc1. The molecule has 0 aliphatic heterocycles.